The van der Waals surface area contributed by atoms with Crippen molar-refractivity contribution in [2.45, 2.75) is 89.9 Å². The fraction of sp³-hybridized carbons (Fsp3) is 0.405. The van der Waals surface area contributed by atoms with Crippen molar-refractivity contribution >= 4 is 23.9 Å². The summed E-state index contributed by atoms with van der Waals surface area (Å²) in [5.41, 5.74) is 2.40. The van der Waals surface area contributed by atoms with Crippen molar-refractivity contribution in [3.8, 4) is 5.75 Å². The second-order valence-corrected chi connectivity index (χ2v) is 13.6. The topological polar surface area (TPSA) is 143 Å². The van der Waals surface area contributed by atoms with Crippen LogP contribution < -0.4 is 16.0 Å². The number of methoxy groups -OCH3 is 1. The lowest BCUT2D eigenvalue weighted by Gasteiger charge is -2.26. The van der Waals surface area contributed by atoms with Crippen LogP contribution in [0.3, 0.4) is 0 Å². The number of esters is 1. The maximum atomic E-state index is 13.9. The number of carbonyl (C=O) groups is 4. The maximum absolute atomic E-state index is 13.9. The first-order valence-corrected chi connectivity index (χ1v) is 15.6. The molecule has 10 heteroatoms. The zero-order valence-electron chi connectivity index (χ0n) is 28.3. The summed E-state index contributed by atoms with van der Waals surface area (Å²) >= 11 is 0. The Morgan fingerprint density at radius 3 is 1.70 bits per heavy atom. The molecular weight excluding hydrogens is 598 g/mol. The second-order valence-electron chi connectivity index (χ2n) is 13.6. The summed E-state index contributed by atoms with van der Waals surface area (Å²) in [6, 6.07) is 20.0. The van der Waals surface area contributed by atoms with Crippen molar-refractivity contribution in [1.29, 1.82) is 0 Å². The van der Waals surface area contributed by atoms with Gasteiger partial charge in [-0.05, 0) is 60.6 Å². The molecule has 3 rings (SSSR count). The molecule has 3 amide bonds. The van der Waals surface area contributed by atoms with Crippen LogP contribution in [0.4, 0.5) is 4.79 Å². The van der Waals surface area contributed by atoms with Crippen LogP contribution in [0.5, 0.6) is 5.75 Å². The number of amides is 3. The van der Waals surface area contributed by atoms with Gasteiger partial charge in [0.25, 0.3) is 0 Å². The number of nitrogens with one attached hydrogen (secondary N) is 3. The molecule has 0 saturated carbocycles. The van der Waals surface area contributed by atoms with Crippen LogP contribution in [0.25, 0.3) is 0 Å². The average Bonchev–Trinajstić information content (AvgIpc) is 2.99. The Bertz CT molecular complexity index is 1510. The minimum atomic E-state index is -1.13. The van der Waals surface area contributed by atoms with Gasteiger partial charge < -0.3 is 30.5 Å². The molecule has 0 heterocycles. The van der Waals surface area contributed by atoms with Gasteiger partial charge in [-0.2, -0.15) is 0 Å². The standard InChI is InChI=1S/C37H47N3O7/c1-36(2,3)27-18-16-25(17-19-27)22-29(32(42)39-31(34(44)46-7)23-26-14-11-15-28(41)20-26)38-33(43)30(21-24-12-9-8-10-13-24)40-35(45)47-37(4,5)6/h8-20,29-31,41H,21-23H2,1-7H3,(H,38,43)(H,39,42)(H,40,45)/t29-,30-,31-/m0/s1. The van der Waals surface area contributed by atoms with E-state index in [1.807, 2.05) is 54.6 Å². The Balaban J connectivity index is 1.92. The molecule has 3 aromatic rings. The molecule has 3 atom stereocenters. The van der Waals surface area contributed by atoms with E-state index in [4.69, 9.17) is 9.47 Å². The normalized spacial score (nSPS) is 13.4. The van der Waals surface area contributed by atoms with Gasteiger partial charge in [-0.15, -0.1) is 0 Å². The number of alkyl carbamates (subject to hydrolysis) is 1. The molecule has 0 fully saturated rings. The fourth-order valence-electron chi connectivity index (χ4n) is 4.89. The van der Waals surface area contributed by atoms with E-state index in [1.165, 1.54) is 19.2 Å². The van der Waals surface area contributed by atoms with Crippen LogP contribution in [0.15, 0.2) is 78.9 Å². The summed E-state index contributed by atoms with van der Waals surface area (Å²) in [7, 11) is 1.22. The number of hydrogen-bond acceptors (Lipinski definition) is 7. The lowest BCUT2D eigenvalue weighted by atomic mass is 9.86. The fourth-order valence-corrected chi connectivity index (χ4v) is 4.89. The summed E-state index contributed by atoms with van der Waals surface area (Å²) in [4.78, 5) is 53.3. The highest BCUT2D eigenvalue weighted by Gasteiger charge is 2.31. The van der Waals surface area contributed by atoms with Crippen LogP contribution in [0, 0.1) is 0 Å². The van der Waals surface area contributed by atoms with E-state index in [0.717, 1.165) is 16.7 Å². The number of hydrogen-bond donors (Lipinski definition) is 4. The van der Waals surface area contributed by atoms with Gasteiger partial charge in [-0.1, -0.05) is 87.5 Å². The van der Waals surface area contributed by atoms with Crippen LogP contribution in [0.1, 0.15) is 63.8 Å². The van der Waals surface area contributed by atoms with E-state index >= 15 is 0 Å². The lowest BCUT2D eigenvalue weighted by Crippen LogP contribution is -2.57. The molecule has 0 aliphatic rings. The SMILES string of the molecule is COC(=O)[C@H](Cc1cccc(O)c1)NC(=O)[C@H](Cc1ccc(C(C)(C)C)cc1)NC(=O)[C@H](Cc1ccccc1)NC(=O)OC(C)(C)C. The van der Waals surface area contributed by atoms with Crippen LogP contribution in [0.2, 0.25) is 0 Å². The Labute approximate surface area is 277 Å². The van der Waals surface area contributed by atoms with Gasteiger partial charge >= 0.3 is 12.1 Å². The first kappa shape index (κ1) is 36.6. The summed E-state index contributed by atoms with van der Waals surface area (Å²) in [5, 5.41) is 18.1. The highest BCUT2D eigenvalue weighted by molar-refractivity contribution is 5.93. The monoisotopic (exact) mass is 645 g/mol. The number of carbonyl (C=O) groups excluding carboxylic acids is 4. The summed E-state index contributed by atoms with van der Waals surface area (Å²) < 4.78 is 10.4. The number of ether oxygens (including phenoxy) is 2. The van der Waals surface area contributed by atoms with Crippen LogP contribution in [-0.4, -0.2) is 59.8 Å². The Morgan fingerprint density at radius 1 is 0.660 bits per heavy atom. The third-order valence-electron chi connectivity index (χ3n) is 7.34. The zero-order chi connectivity index (χ0) is 34.8. The molecule has 0 radical (unpaired) electrons. The van der Waals surface area contributed by atoms with Gasteiger partial charge in [0.1, 0.15) is 29.5 Å². The van der Waals surface area contributed by atoms with E-state index in [2.05, 4.69) is 36.7 Å². The molecule has 0 aliphatic carbocycles. The highest BCUT2D eigenvalue weighted by atomic mass is 16.6. The molecule has 252 valence electrons. The Kier molecular flexibility index (Phi) is 12.5. The first-order valence-electron chi connectivity index (χ1n) is 15.6. The number of aromatic hydroxyl groups is 1. The lowest BCUT2D eigenvalue weighted by molar-refractivity contribution is -0.145. The Morgan fingerprint density at radius 2 is 1.17 bits per heavy atom. The number of rotatable bonds is 12. The van der Waals surface area contributed by atoms with Crippen molar-refractivity contribution in [2.24, 2.45) is 0 Å². The van der Waals surface area contributed by atoms with Gasteiger partial charge in [-0.3, -0.25) is 9.59 Å². The van der Waals surface area contributed by atoms with E-state index in [1.54, 1.807) is 32.9 Å². The second kappa shape index (κ2) is 16.1. The predicted molar refractivity (Wildman–Crippen MR) is 180 cm³/mol. The summed E-state index contributed by atoms with van der Waals surface area (Å²) in [6.07, 6.45) is -0.482. The van der Waals surface area contributed by atoms with E-state index in [0.29, 0.717) is 5.56 Å². The number of phenolic OH excluding ortho intramolecular Hbond substituents is 1. The first-order chi connectivity index (χ1) is 22.0. The van der Waals surface area contributed by atoms with Crippen molar-refractivity contribution in [3.63, 3.8) is 0 Å². The largest absolute Gasteiger partial charge is 0.508 e. The molecule has 10 nitrogen and oxygen atoms in total. The third kappa shape index (κ3) is 12.1. The smallest absolute Gasteiger partial charge is 0.408 e. The van der Waals surface area contributed by atoms with E-state index < -0.39 is 47.6 Å². The predicted octanol–water partition coefficient (Wildman–Crippen LogP) is 4.75. The minimum absolute atomic E-state index is 0.0169. The van der Waals surface area contributed by atoms with Crippen molar-refractivity contribution < 1.29 is 33.8 Å². The molecule has 0 spiro atoms. The molecule has 0 unspecified atom stereocenters. The molecule has 0 bridgehead atoms. The molecule has 4 N–H and O–H groups in total. The van der Waals surface area contributed by atoms with E-state index in [9.17, 15) is 24.3 Å². The quantitative estimate of drug-likeness (QED) is 0.208. The summed E-state index contributed by atoms with van der Waals surface area (Å²) in [5.74, 6) is -1.89. The number of phenols is 1. The zero-order valence-corrected chi connectivity index (χ0v) is 28.3. The highest BCUT2D eigenvalue weighted by Crippen LogP contribution is 2.23. The van der Waals surface area contributed by atoms with Crippen molar-refractivity contribution in [2.75, 3.05) is 7.11 Å². The molecule has 0 aromatic heterocycles. The minimum Gasteiger partial charge on any atom is -0.508 e. The van der Waals surface area contributed by atoms with Gasteiger partial charge in [0, 0.05) is 19.3 Å². The molecule has 47 heavy (non-hydrogen) atoms. The van der Waals surface area contributed by atoms with Crippen LogP contribution in [-0.2, 0) is 48.5 Å². The van der Waals surface area contributed by atoms with Crippen molar-refractivity contribution in [3.05, 3.63) is 101 Å². The van der Waals surface area contributed by atoms with Gasteiger partial charge in [-0.25, -0.2) is 9.59 Å². The summed E-state index contributed by atoms with van der Waals surface area (Å²) in [6.45, 7) is 11.5. The molecular formula is C37H47N3O7. The van der Waals surface area contributed by atoms with Gasteiger partial charge in [0.2, 0.25) is 11.8 Å². The van der Waals surface area contributed by atoms with Crippen LogP contribution >= 0.6 is 0 Å². The van der Waals surface area contributed by atoms with E-state index in [-0.39, 0.29) is 30.4 Å². The Hall–Kier alpha value is -4.86. The molecule has 0 aliphatic heterocycles. The van der Waals surface area contributed by atoms with Crippen molar-refractivity contribution in [1.82, 2.24) is 16.0 Å². The van der Waals surface area contributed by atoms with Gasteiger partial charge in [0.15, 0.2) is 0 Å². The average molecular weight is 646 g/mol. The number of benzene rings is 3. The third-order valence-corrected chi connectivity index (χ3v) is 7.34. The maximum Gasteiger partial charge on any atom is 0.408 e. The molecule has 3 aromatic carbocycles. The molecule has 0 saturated heterocycles. The van der Waals surface area contributed by atoms with Gasteiger partial charge in [0.05, 0.1) is 7.11 Å².